The van der Waals surface area contributed by atoms with Gasteiger partial charge in [-0.15, -0.1) is 5.10 Å². The van der Waals surface area contributed by atoms with E-state index in [1.807, 2.05) is 16.8 Å². The molecule has 2 heterocycles. The molecule has 2 aromatic rings. The lowest BCUT2D eigenvalue weighted by atomic mass is 10.1. The quantitative estimate of drug-likeness (QED) is 0.835. The molecule has 3 rings (SSSR count). The SMILES string of the molecule is NCc1ccc(Cn2nnnc2CN2CCOCC2)cc1. The van der Waals surface area contributed by atoms with E-state index >= 15 is 0 Å². The van der Waals surface area contributed by atoms with Crippen molar-refractivity contribution >= 4 is 0 Å². The first-order valence-electron chi connectivity index (χ1n) is 7.18. The minimum Gasteiger partial charge on any atom is -0.379 e. The van der Waals surface area contributed by atoms with Crippen molar-refractivity contribution in [2.24, 2.45) is 5.73 Å². The van der Waals surface area contributed by atoms with Gasteiger partial charge in [-0.25, -0.2) is 4.68 Å². The molecular weight excluding hydrogens is 268 g/mol. The van der Waals surface area contributed by atoms with Crippen molar-refractivity contribution < 1.29 is 4.74 Å². The summed E-state index contributed by atoms with van der Waals surface area (Å²) < 4.78 is 7.21. The van der Waals surface area contributed by atoms with Gasteiger partial charge in [0.25, 0.3) is 0 Å². The molecule has 21 heavy (non-hydrogen) atoms. The second kappa shape index (κ2) is 6.75. The van der Waals surface area contributed by atoms with Crippen LogP contribution < -0.4 is 5.73 Å². The number of aromatic nitrogens is 4. The van der Waals surface area contributed by atoms with Crippen LogP contribution in [-0.4, -0.2) is 51.4 Å². The Labute approximate surface area is 123 Å². The zero-order valence-corrected chi connectivity index (χ0v) is 12.0. The van der Waals surface area contributed by atoms with Crippen LogP contribution in [0.2, 0.25) is 0 Å². The lowest BCUT2D eigenvalue weighted by Crippen LogP contribution is -2.36. The largest absolute Gasteiger partial charge is 0.379 e. The van der Waals surface area contributed by atoms with Gasteiger partial charge in [-0.05, 0) is 21.6 Å². The lowest BCUT2D eigenvalue weighted by Gasteiger charge is -2.25. The van der Waals surface area contributed by atoms with Crippen LogP contribution in [0.4, 0.5) is 0 Å². The van der Waals surface area contributed by atoms with E-state index in [2.05, 4.69) is 32.6 Å². The maximum Gasteiger partial charge on any atom is 0.165 e. The zero-order valence-electron chi connectivity index (χ0n) is 12.0. The van der Waals surface area contributed by atoms with Crippen molar-refractivity contribution in [1.29, 1.82) is 0 Å². The monoisotopic (exact) mass is 288 g/mol. The predicted molar refractivity (Wildman–Crippen MR) is 77.3 cm³/mol. The molecule has 7 nitrogen and oxygen atoms in total. The summed E-state index contributed by atoms with van der Waals surface area (Å²) in [6.07, 6.45) is 0. The fraction of sp³-hybridized carbons (Fsp3) is 0.500. The molecule has 1 aliphatic rings. The van der Waals surface area contributed by atoms with Crippen molar-refractivity contribution in [1.82, 2.24) is 25.1 Å². The molecule has 1 aromatic carbocycles. The molecule has 1 saturated heterocycles. The van der Waals surface area contributed by atoms with Gasteiger partial charge < -0.3 is 10.5 Å². The molecule has 7 heteroatoms. The van der Waals surface area contributed by atoms with Gasteiger partial charge in [0.05, 0.1) is 26.3 Å². The third kappa shape index (κ3) is 3.63. The van der Waals surface area contributed by atoms with Crippen LogP contribution >= 0.6 is 0 Å². The fourth-order valence-corrected chi connectivity index (χ4v) is 2.37. The Balaban J connectivity index is 1.66. The molecule has 0 aliphatic carbocycles. The molecule has 0 atom stereocenters. The Bertz CT molecular complexity index is 561. The molecule has 112 valence electrons. The average molecular weight is 288 g/mol. The molecule has 0 bridgehead atoms. The first-order valence-corrected chi connectivity index (χ1v) is 7.18. The van der Waals surface area contributed by atoms with Crippen LogP contribution in [0.3, 0.4) is 0 Å². The molecule has 0 radical (unpaired) electrons. The summed E-state index contributed by atoms with van der Waals surface area (Å²) in [5.74, 6) is 0.889. The summed E-state index contributed by atoms with van der Waals surface area (Å²) in [7, 11) is 0. The van der Waals surface area contributed by atoms with Crippen molar-refractivity contribution in [3.05, 3.63) is 41.2 Å². The zero-order chi connectivity index (χ0) is 14.5. The maximum atomic E-state index is 5.61. The summed E-state index contributed by atoms with van der Waals surface area (Å²) in [5.41, 5.74) is 7.91. The summed E-state index contributed by atoms with van der Waals surface area (Å²) in [6, 6.07) is 8.23. The van der Waals surface area contributed by atoms with E-state index in [4.69, 9.17) is 10.5 Å². The fourth-order valence-electron chi connectivity index (χ4n) is 2.37. The highest BCUT2D eigenvalue weighted by molar-refractivity contribution is 5.22. The van der Waals surface area contributed by atoms with Gasteiger partial charge in [0, 0.05) is 19.6 Å². The van der Waals surface area contributed by atoms with E-state index in [-0.39, 0.29) is 0 Å². The van der Waals surface area contributed by atoms with Crippen LogP contribution in [0.1, 0.15) is 17.0 Å². The van der Waals surface area contributed by atoms with Crippen molar-refractivity contribution in [2.45, 2.75) is 19.6 Å². The Hall–Kier alpha value is -1.83. The lowest BCUT2D eigenvalue weighted by molar-refractivity contribution is 0.0325. The molecule has 0 unspecified atom stereocenters. The third-order valence-electron chi connectivity index (χ3n) is 3.67. The van der Waals surface area contributed by atoms with Crippen LogP contribution in [0.15, 0.2) is 24.3 Å². The molecule has 0 spiro atoms. The van der Waals surface area contributed by atoms with Crippen molar-refractivity contribution in [3.8, 4) is 0 Å². The first-order chi connectivity index (χ1) is 10.3. The van der Waals surface area contributed by atoms with E-state index < -0.39 is 0 Å². The van der Waals surface area contributed by atoms with Gasteiger partial charge in [-0.3, -0.25) is 4.90 Å². The topological polar surface area (TPSA) is 82.1 Å². The Kier molecular flexibility index (Phi) is 4.54. The Morgan fingerprint density at radius 1 is 1.05 bits per heavy atom. The number of hydrogen-bond acceptors (Lipinski definition) is 6. The minimum atomic E-state index is 0.563. The van der Waals surface area contributed by atoms with E-state index in [0.29, 0.717) is 13.1 Å². The molecule has 1 aliphatic heterocycles. The molecule has 0 amide bonds. The van der Waals surface area contributed by atoms with E-state index in [1.54, 1.807) is 0 Å². The molecule has 0 saturated carbocycles. The van der Waals surface area contributed by atoms with E-state index in [9.17, 15) is 0 Å². The standard InChI is InChI=1S/C14H20N6O/c15-9-12-1-3-13(4-2-12)10-20-14(16-17-18-20)11-19-5-7-21-8-6-19/h1-4H,5-11,15H2. The van der Waals surface area contributed by atoms with Gasteiger partial charge in [0.15, 0.2) is 5.82 Å². The molecule has 2 N–H and O–H groups in total. The Morgan fingerprint density at radius 2 is 1.76 bits per heavy atom. The van der Waals surface area contributed by atoms with Gasteiger partial charge >= 0.3 is 0 Å². The molecular formula is C14H20N6O. The highest BCUT2D eigenvalue weighted by Gasteiger charge is 2.15. The number of rotatable bonds is 5. The maximum absolute atomic E-state index is 5.61. The van der Waals surface area contributed by atoms with Crippen molar-refractivity contribution in [3.63, 3.8) is 0 Å². The van der Waals surface area contributed by atoms with Gasteiger partial charge in [-0.2, -0.15) is 0 Å². The second-order valence-electron chi connectivity index (χ2n) is 5.16. The van der Waals surface area contributed by atoms with Crippen molar-refractivity contribution in [2.75, 3.05) is 26.3 Å². The summed E-state index contributed by atoms with van der Waals surface area (Å²) >= 11 is 0. The number of ether oxygens (including phenoxy) is 1. The number of nitrogens with two attached hydrogens (primary N) is 1. The molecule has 1 fully saturated rings. The average Bonchev–Trinajstić information content (AvgIpc) is 2.96. The van der Waals surface area contributed by atoms with Crippen LogP contribution in [-0.2, 0) is 24.4 Å². The number of tetrazole rings is 1. The van der Waals surface area contributed by atoms with E-state index in [0.717, 1.165) is 44.2 Å². The van der Waals surface area contributed by atoms with E-state index in [1.165, 1.54) is 5.56 Å². The third-order valence-corrected chi connectivity index (χ3v) is 3.67. The smallest absolute Gasteiger partial charge is 0.165 e. The highest BCUT2D eigenvalue weighted by atomic mass is 16.5. The number of hydrogen-bond donors (Lipinski definition) is 1. The van der Waals surface area contributed by atoms with Gasteiger partial charge in [0.1, 0.15) is 0 Å². The van der Waals surface area contributed by atoms with Gasteiger partial charge in [-0.1, -0.05) is 24.3 Å². The second-order valence-corrected chi connectivity index (χ2v) is 5.16. The summed E-state index contributed by atoms with van der Waals surface area (Å²) in [5, 5.41) is 12.0. The van der Waals surface area contributed by atoms with Crippen LogP contribution in [0.5, 0.6) is 0 Å². The normalized spacial score (nSPS) is 16.2. The summed E-state index contributed by atoms with van der Waals surface area (Å²) in [6.45, 7) is 5.42. The number of nitrogens with zero attached hydrogens (tertiary/aromatic N) is 5. The van der Waals surface area contributed by atoms with Crippen LogP contribution in [0, 0.1) is 0 Å². The minimum absolute atomic E-state index is 0.563. The Morgan fingerprint density at radius 3 is 2.48 bits per heavy atom. The number of morpholine rings is 1. The number of benzene rings is 1. The predicted octanol–water partition coefficient (Wildman–Crippen LogP) is 0.0123. The van der Waals surface area contributed by atoms with Gasteiger partial charge in [0.2, 0.25) is 0 Å². The summed E-state index contributed by atoms with van der Waals surface area (Å²) in [4.78, 5) is 2.31. The highest BCUT2D eigenvalue weighted by Crippen LogP contribution is 2.08. The van der Waals surface area contributed by atoms with Crippen LogP contribution in [0.25, 0.3) is 0 Å². The molecule has 1 aromatic heterocycles. The first kappa shape index (κ1) is 14.1.